The fourth-order valence-corrected chi connectivity index (χ4v) is 4.08. The van der Waals surface area contributed by atoms with Crippen molar-refractivity contribution in [3.8, 4) is 0 Å². The lowest BCUT2D eigenvalue weighted by atomic mass is 9.93. The van der Waals surface area contributed by atoms with Gasteiger partial charge in [-0.3, -0.25) is 0 Å². The maximum Gasteiger partial charge on any atom is 0.0956 e. The van der Waals surface area contributed by atoms with E-state index in [2.05, 4.69) is 31.6 Å². The van der Waals surface area contributed by atoms with Crippen LogP contribution < -0.4 is 0 Å². The van der Waals surface area contributed by atoms with Gasteiger partial charge in [0.25, 0.3) is 0 Å². The Balaban J connectivity index is 1.81. The van der Waals surface area contributed by atoms with Crippen LogP contribution in [0.3, 0.4) is 0 Å². The Morgan fingerprint density at radius 2 is 2.07 bits per heavy atom. The lowest BCUT2D eigenvalue weighted by molar-refractivity contribution is 0.668. The monoisotopic (exact) mass is 183 g/mol. The molecular weight excluding hydrogens is 168 g/mol. The summed E-state index contributed by atoms with van der Waals surface area (Å²) in [6, 6.07) is 0. The fraction of sp³-hybridized carbons (Fsp3) is 0.500. The first-order valence-electron chi connectivity index (χ1n) is 5.78. The van der Waals surface area contributed by atoms with Crippen LogP contribution >= 0.6 is 0 Å². The van der Waals surface area contributed by atoms with Gasteiger partial charge in [0.15, 0.2) is 0 Å². The van der Waals surface area contributed by atoms with Gasteiger partial charge in [0.2, 0.25) is 0 Å². The first kappa shape index (κ1) is 7.39. The second kappa shape index (κ2) is 2.18. The molecule has 4 saturated carbocycles. The summed E-state index contributed by atoms with van der Waals surface area (Å²) in [5.41, 5.74) is 4.79. The van der Waals surface area contributed by atoms with E-state index < -0.39 is 0 Å². The van der Waals surface area contributed by atoms with Gasteiger partial charge in [-0.15, -0.1) is 0 Å². The summed E-state index contributed by atoms with van der Waals surface area (Å²) in [5, 5.41) is 0. The normalized spacial score (nSPS) is 51.9. The molecule has 14 heavy (non-hydrogen) atoms. The van der Waals surface area contributed by atoms with Crippen molar-refractivity contribution in [3.63, 3.8) is 0 Å². The third-order valence-corrected chi connectivity index (χ3v) is 4.60. The van der Waals surface area contributed by atoms with Crippen LogP contribution in [0.25, 0.3) is 0 Å². The van der Waals surface area contributed by atoms with Crippen molar-refractivity contribution in [1.82, 2.24) is 0 Å². The molecule has 0 aromatic rings. The van der Waals surface area contributed by atoms with Crippen LogP contribution in [0.15, 0.2) is 34.9 Å². The molecule has 0 aromatic carbocycles. The number of allylic oxidation sites excluding steroid dienone is 6. The summed E-state index contributed by atoms with van der Waals surface area (Å²) < 4.78 is 0. The molecule has 0 saturated heterocycles. The van der Waals surface area contributed by atoms with Gasteiger partial charge in [0, 0.05) is 47.6 Å². The highest BCUT2D eigenvalue weighted by Gasteiger charge is 2.68. The number of hydrogen-bond donors (Lipinski definition) is 0. The van der Waals surface area contributed by atoms with Crippen molar-refractivity contribution in [2.24, 2.45) is 23.7 Å². The molecule has 5 aliphatic rings. The zero-order chi connectivity index (χ0) is 9.28. The molecule has 0 N–H and O–H groups in total. The third-order valence-electron chi connectivity index (χ3n) is 4.60. The van der Waals surface area contributed by atoms with Gasteiger partial charge in [-0.25, -0.2) is 0 Å². The van der Waals surface area contributed by atoms with Gasteiger partial charge < -0.3 is 0 Å². The first-order valence-corrected chi connectivity index (χ1v) is 5.78. The van der Waals surface area contributed by atoms with Crippen molar-refractivity contribution >= 4 is 0 Å². The van der Waals surface area contributed by atoms with E-state index in [4.69, 9.17) is 0 Å². The van der Waals surface area contributed by atoms with Crippen molar-refractivity contribution in [1.29, 1.82) is 0 Å². The molecule has 0 aliphatic heterocycles. The third kappa shape index (κ3) is 0.739. The molecule has 0 heterocycles. The molecule has 2 atom stereocenters. The van der Waals surface area contributed by atoms with Crippen LogP contribution in [0.2, 0.25) is 0 Å². The van der Waals surface area contributed by atoms with Gasteiger partial charge in [0.05, 0.1) is 5.57 Å². The average Bonchev–Trinajstić information content (AvgIpc) is 2.62. The van der Waals surface area contributed by atoms with E-state index in [1.165, 1.54) is 18.4 Å². The fourth-order valence-electron chi connectivity index (χ4n) is 4.08. The minimum absolute atomic E-state index is 0.969. The second-order valence-electron chi connectivity index (χ2n) is 5.35. The molecule has 0 spiro atoms. The molecule has 4 bridgehead atoms. The van der Waals surface area contributed by atoms with Gasteiger partial charge in [-0.05, 0) is 31.6 Å². The van der Waals surface area contributed by atoms with Crippen LogP contribution in [0.1, 0.15) is 19.8 Å². The Bertz CT molecular complexity index is 378. The SMILES string of the molecule is CC1=C/C(=C2\C3CC4C(C3)C24)[CH+]C=C1. The Morgan fingerprint density at radius 3 is 2.64 bits per heavy atom. The Hall–Kier alpha value is -0.910. The predicted molar refractivity (Wildman–Crippen MR) is 57.4 cm³/mol. The largest absolute Gasteiger partial charge is 0.0956 e. The van der Waals surface area contributed by atoms with Gasteiger partial charge in [0.1, 0.15) is 0 Å². The minimum atomic E-state index is 0.969. The molecule has 0 aromatic heterocycles. The lowest BCUT2D eigenvalue weighted by Gasteiger charge is -2.05. The van der Waals surface area contributed by atoms with Crippen LogP contribution in [0.5, 0.6) is 0 Å². The summed E-state index contributed by atoms with van der Waals surface area (Å²) in [4.78, 5) is 0. The summed E-state index contributed by atoms with van der Waals surface area (Å²) in [5.74, 6) is 4.20. The van der Waals surface area contributed by atoms with Crippen LogP contribution in [-0.2, 0) is 0 Å². The van der Waals surface area contributed by atoms with E-state index in [0.717, 1.165) is 23.7 Å². The first-order chi connectivity index (χ1) is 6.84. The highest BCUT2D eigenvalue weighted by Crippen LogP contribution is 2.73. The molecule has 0 amide bonds. The molecule has 70 valence electrons. The molecule has 5 rings (SSSR count). The highest BCUT2D eigenvalue weighted by atomic mass is 14.7. The van der Waals surface area contributed by atoms with E-state index >= 15 is 0 Å². The second-order valence-corrected chi connectivity index (χ2v) is 5.35. The summed E-state index contributed by atoms with van der Waals surface area (Å²) in [7, 11) is 0. The number of rotatable bonds is 0. The van der Waals surface area contributed by atoms with E-state index in [9.17, 15) is 0 Å². The minimum Gasteiger partial charge on any atom is -0.0334 e. The van der Waals surface area contributed by atoms with E-state index in [0.29, 0.717) is 0 Å². The molecule has 2 unspecified atom stereocenters. The standard InChI is InChI=1S/C14H15/c1-8-3-2-4-9(5-8)13-10-6-11-12(7-10)14(11)13/h2-5,10-12,14H,6-7H2,1H3/q+1/b13-9+. The topological polar surface area (TPSA) is 0 Å². The maximum atomic E-state index is 2.38. The highest BCUT2D eigenvalue weighted by molar-refractivity contribution is 5.51. The molecule has 0 nitrogen and oxygen atoms in total. The molecular formula is C14H15+. The van der Waals surface area contributed by atoms with E-state index in [1.54, 1.807) is 5.57 Å². The Kier molecular flexibility index (Phi) is 1.15. The van der Waals surface area contributed by atoms with Crippen LogP contribution in [0, 0.1) is 30.1 Å². The maximum absolute atomic E-state index is 2.38. The van der Waals surface area contributed by atoms with Crippen LogP contribution in [-0.4, -0.2) is 0 Å². The van der Waals surface area contributed by atoms with E-state index in [1.807, 2.05) is 5.57 Å². The van der Waals surface area contributed by atoms with E-state index in [-0.39, 0.29) is 0 Å². The van der Waals surface area contributed by atoms with Gasteiger partial charge in [-0.1, -0.05) is 0 Å². The predicted octanol–water partition coefficient (Wildman–Crippen LogP) is 3.29. The lowest BCUT2D eigenvalue weighted by Crippen LogP contribution is -1.97. The van der Waals surface area contributed by atoms with Crippen molar-refractivity contribution in [2.75, 3.05) is 0 Å². The quantitative estimate of drug-likeness (QED) is 0.505. The number of hydrogen-bond acceptors (Lipinski definition) is 0. The smallest absolute Gasteiger partial charge is 0.0334 e. The Morgan fingerprint density at radius 1 is 1.29 bits per heavy atom. The summed E-state index contributed by atoms with van der Waals surface area (Å²) in [6.45, 7) is 2.20. The summed E-state index contributed by atoms with van der Waals surface area (Å²) >= 11 is 0. The average molecular weight is 183 g/mol. The molecule has 0 radical (unpaired) electrons. The van der Waals surface area contributed by atoms with Crippen LogP contribution in [0.4, 0.5) is 0 Å². The van der Waals surface area contributed by atoms with Gasteiger partial charge >= 0.3 is 0 Å². The van der Waals surface area contributed by atoms with Crippen molar-refractivity contribution in [3.05, 3.63) is 41.4 Å². The molecule has 4 fully saturated rings. The Labute approximate surface area is 85.4 Å². The zero-order valence-corrected chi connectivity index (χ0v) is 8.53. The zero-order valence-electron chi connectivity index (χ0n) is 8.53. The molecule has 0 heteroatoms. The van der Waals surface area contributed by atoms with Gasteiger partial charge in [-0.2, -0.15) is 0 Å². The summed E-state index contributed by atoms with van der Waals surface area (Å²) in [6.07, 6.45) is 12.1. The van der Waals surface area contributed by atoms with Crippen molar-refractivity contribution in [2.45, 2.75) is 19.8 Å². The van der Waals surface area contributed by atoms with Crippen molar-refractivity contribution < 1.29 is 0 Å². The molecule has 5 aliphatic carbocycles.